The lowest BCUT2D eigenvalue weighted by Gasteiger charge is -2.12. The number of fused-ring (bicyclic) bond motifs is 1. The van der Waals surface area contributed by atoms with Crippen LogP contribution < -0.4 is 0 Å². The minimum absolute atomic E-state index is 0.203. The SMILES string of the molecule is CCCCC(Sc1nnc2ccccn12)C(=O)OC. The third kappa shape index (κ3) is 3.26. The predicted molar refractivity (Wildman–Crippen MR) is 74.2 cm³/mol. The minimum Gasteiger partial charge on any atom is -0.468 e. The maximum atomic E-state index is 11.8. The summed E-state index contributed by atoms with van der Waals surface area (Å²) in [6.45, 7) is 2.10. The highest BCUT2D eigenvalue weighted by molar-refractivity contribution is 8.00. The molecule has 0 aromatic carbocycles. The lowest BCUT2D eigenvalue weighted by molar-refractivity contribution is -0.140. The summed E-state index contributed by atoms with van der Waals surface area (Å²) in [5.41, 5.74) is 0.782. The van der Waals surface area contributed by atoms with Gasteiger partial charge >= 0.3 is 5.97 Å². The summed E-state index contributed by atoms with van der Waals surface area (Å²) in [4.78, 5) is 11.8. The van der Waals surface area contributed by atoms with Crippen LogP contribution in [0.15, 0.2) is 29.6 Å². The predicted octanol–water partition coefficient (Wildman–Crippen LogP) is 2.55. The number of carbonyl (C=O) groups excluding carboxylic acids is 1. The smallest absolute Gasteiger partial charge is 0.319 e. The van der Waals surface area contributed by atoms with E-state index in [1.807, 2.05) is 28.8 Å². The van der Waals surface area contributed by atoms with Gasteiger partial charge in [0.05, 0.1) is 7.11 Å². The maximum absolute atomic E-state index is 11.8. The van der Waals surface area contributed by atoms with Crippen LogP contribution in [0, 0.1) is 0 Å². The van der Waals surface area contributed by atoms with Crippen molar-refractivity contribution in [1.82, 2.24) is 14.6 Å². The van der Waals surface area contributed by atoms with Crippen LogP contribution in [0.4, 0.5) is 0 Å². The number of methoxy groups -OCH3 is 1. The van der Waals surface area contributed by atoms with Crippen molar-refractivity contribution in [2.45, 2.75) is 36.6 Å². The van der Waals surface area contributed by atoms with E-state index in [1.54, 1.807) is 0 Å². The van der Waals surface area contributed by atoms with E-state index >= 15 is 0 Å². The first-order valence-electron chi connectivity index (χ1n) is 6.30. The van der Waals surface area contributed by atoms with Gasteiger partial charge in [0.2, 0.25) is 0 Å². The molecule has 1 unspecified atom stereocenters. The molecule has 2 rings (SSSR count). The molecule has 1 atom stereocenters. The highest BCUT2D eigenvalue weighted by Crippen LogP contribution is 2.26. The minimum atomic E-state index is -0.224. The lowest BCUT2D eigenvalue weighted by Crippen LogP contribution is -2.19. The van der Waals surface area contributed by atoms with E-state index in [0.29, 0.717) is 0 Å². The number of pyridine rings is 1. The maximum Gasteiger partial charge on any atom is 0.319 e. The first-order valence-corrected chi connectivity index (χ1v) is 7.18. The van der Waals surface area contributed by atoms with Gasteiger partial charge in [0.25, 0.3) is 0 Å². The Kier molecular flexibility index (Phi) is 4.79. The van der Waals surface area contributed by atoms with E-state index in [1.165, 1.54) is 18.9 Å². The van der Waals surface area contributed by atoms with E-state index in [9.17, 15) is 4.79 Å². The molecule has 6 heteroatoms. The van der Waals surface area contributed by atoms with Crippen LogP contribution in [0.5, 0.6) is 0 Å². The summed E-state index contributed by atoms with van der Waals surface area (Å²) >= 11 is 1.41. The van der Waals surface area contributed by atoms with Crippen LogP contribution in [0.2, 0.25) is 0 Å². The Morgan fingerprint density at radius 3 is 3.05 bits per heavy atom. The van der Waals surface area contributed by atoms with Crippen LogP contribution in [-0.2, 0) is 9.53 Å². The zero-order chi connectivity index (χ0) is 13.7. The van der Waals surface area contributed by atoms with Crippen molar-refractivity contribution in [2.24, 2.45) is 0 Å². The standard InChI is InChI=1S/C13H17N3O2S/c1-3-4-7-10(12(17)18-2)19-13-15-14-11-8-5-6-9-16(11)13/h5-6,8-10H,3-4,7H2,1-2H3. The largest absolute Gasteiger partial charge is 0.468 e. The third-order valence-electron chi connectivity index (χ3n) is 2.81. The highest BCUT2D eigenvalue weighted by atomic mass is 32.2. The van der Waals surface area contributed by atoms with Gasteiger partial charge in [0.1, 0.15) is 5.25 Å². The van der Waals surface area contributed by atoms with Crippen LogP contribution in [0.1, 0.15) is 26.2 Å². The Morgan fingerprint density at radius 1 is 1.47 bits per heavy atom. The molecule has 102 valence electrons. The lowest BCUT2D eigenvalue weighted by atomic mass is 10.2. The molecule has 5 nitrogen and oxygen atoms in total. The summed E-state index contributed by atoms with van der Waals surface area (Å²) in [5, 5.41) is 8.70. The zero-order valence-electron chi connectivity index (χ0n) is 11.1. The fourth-order valence-corrected chi connectivity index (χ4v) is 2.86. The van der Waals surface area contributed by atoms with E-state index in [-0.39, 0.29) is 11.2 Å². The molecule has 0 amide bonds. The van der Waals surface area contributed by atoms with Gasteiger partial charge in [0.15, 0.2) is 10.8 Å². The number of ether oxygens (including phenoxy) is 1. The second-order valence-corrected chi connectivity index (χ2v) is 5.35. The van der Waals surface area contributed by atoms with Crippen molar-refractivity contribution in [3.8, 4) is 0 Å². The van der Waals surface area contributed by atoms with Gasteiger partial charge in [-0.3, -0.25) is 9.20 Å². The van der Waals surface area contributed by atoms with Gasteiger partial charge in [-0.1, -0.05) is 37.6 Å². The van der Waals surface area contributed by atoms with Gasteiger partial charge < -0.3 is 4.74 Å². The highest BCUT2D eigenvalue weighted by Gasteiger charge is 2.22. The van der Waals surface area contributed by atoms with Gasteiger partial charge in [-0.2, -0.15) is 0 Å². The van der Waals surface area contributed by atoms with Gasteiger partial charge in [-0.05, 0) is 18.6 Å². The molecule has 0 aliphatic rings. The monoisotopic (exact) mass is 279 g/mol. The number of aromatic nitrogens is 3. The van der Waals surface area contributed by atoms with Crippen LogP contribution in [-0.4, -0.2) is 32.9 Å². The number of rotatable bonds is 6. The number of thioether (sulfide) groups is 1. The van der Waals surface area contributed by atoms with E-state index in [2.05, 4.69) is 17.1 Å². The van der Waals surface area contributed by atoms with Crippen LogP contribution >= 0.6 is 11.8 Å². The van der Waals surface area contributed by atoms with Gasteiger partial charge in [-0.15, -0.1) is 10.2 Å². The van der Waals surface area contributed by atoms with Crippen molar-refractivity contribution in [3.05, 3.63) is 24.4 Å². The average Bonchev–Trinajstić information content (AvgIpc) is 2.86. The van der Waals surface area contributed by atoms with E-state index in [4.69, 9.17) is 4.74 Å². The molecule has 2 heterocycles. The topological polar surface area (TPSA) is 56.5 Å². The van der Waals surface area contributed by atoms with Gasteiger partial charge in [-0.25, -0.2) is 0 Å². The molecule has 0 aliphatic carbocycles. The Morgan fingerprint density at radius 2 is 2.32 bits per heavy atom. The molecule has 19 heavy (non-hydrogen) atoms. The average molecular weight is 279 g/mol. The van der Waals surface area contributed by atoms with E-state index < -0.39 is 0 Å². The first kappa shape index (κ1) is 13.9. The molecule has 0 fully saturated rings. The summed E-state index contributed by atoms with van der Waals surface area (Å²) < 4.78 is 6.73. The number of hydrogen-bond donors (Lipinski definition) is 0. The molecule has 0 spiro atoms. The molecule has 2 aromatic rings. The van der Waals surface area contributed by atoms with Crippen molar-refractivity contribution in [1.29, 1.82) is 0 Å². The zero-order valence-corrected chi connectivity index (χ0v) is 11.9. The molecule has 0 bridgehead atoms. The van der Waals surface area contributed by atoms with Crippen molar-refractivity contribution >= 4 is 23.4 Å². The Balaban J connectivity index is 2.18. The Hall–Kier alpha value is -1.56. The number of esters is 1. The van der Waals surface area contributed by atoms with Crippen molar-refractivity contribution in [3.63, 3.8) is 0 Å². The van der Waals surface area contributed by atoms with Gasteiger partial charge in [0, 0.05) is 6.20 Å². The first-order chi connectivity index (χ1) is 9.26. The summed E-state index contributed by atoms with van der Waals surface area (Å²) in [5.74, 6) is -0.203. The molecule has 2 aromatic heterocycles. The fraction of sp³-hybridized carbons (Fsp3) is 0.462. The van der Waals surface area contributed by atoms with Crippen LogP contribution in [0.3, 0.4) is 0 Å². The molecule has 0 aliphatic heterocycles. The molecule has 0 N–H and O–H groups in total. The van der Waals surface area contributed by atoms with E-state index in [0.717, 1.165) is 30.1 Å². The number of hydrogen-bond acceptors (Lipinski definition) is 5. The Bertz CT molecular complexity index is 556. The van der Waals surface area contributed by atoms with Crippen LogP contribution in [0.25, 0.3) is 5.65 Å². The normalized spacial score (nSPS) is 12.5. The second kappa shape index (κ2) is 6.56. The van der Waals surface area contributed by atoms with Crippen molar-refractivity contribution in [2.75, 3.05) is 7.11 Å². The molecule has 0 radical (unpaired) electrons. The summed E-state index contributed by atoms with van der Waals surface area (Å²) in [6.07, 6.45) is 4.72. The fourth-order valence-electron chi connectivity index (χ4n) is 1.77. The molecular formula is C13H17N3O2S. The van der Waals surface area contributed by atoms with Crippen molar-refractivity contribution < 1.29 is 9.53 Å². The molecule has 0 saturated carbocycles. The third-order valence-corrected chi connectivity index (χ3v) is 4.02. The quantitative estimate of drug-likeness (QED) is 0.601. The molecule has 0 saturated heterocycles. The number of carbonyl (C=O) groups is 1. The Labute approximate surface area is 116 Å². The summed E-state index contributed by atoms with van der Waals surface area (Å²) in [6, 6.07) is 5.71. The second-order valence-electron chi connectivity index (χ2n) is 4.18. The number of nitrogens with zero attached hydrogens (tertiary/aromatic N) is 3. The number of unbranched alkanes of at least 4 members (excludes halogenated alkanes) is 1. The summed E-state index contributed by atoms with van der Waals surface area (Å²) in [7, 11) is 1.42. The molecular weight excluding hydrogens is 262 g/mol.